The predicted molar refractivity (Wildman–Crippen MR) is 155 cm³/mol. The van der Waals surface area contributed by atoms with Gasteiger partial charge in [-0.2, -0.15) is 0 Å². The smallest absolute Gasteiger partial charge is 0.326 e. The van der Waals surface area contributed by atoms with Gasteiger partial charge in [0.15, 0.2) is 0 Å². The van der Waals surface area contributed by atoms with Crippen LogP contribution >= 0.6 is 0 Å². The van der Waals surface area contributed by atoms with Gasteiger partial charge < -0.3 is 46.8 Å². The molecule has 232 valence electrons. The second-order valence-corrected chi connectivity index (χ2v) is 10.2. The number of carboxylic acids is 2. The van der Waals surface area contributed by atoms with Crippen molar-refractivity contribution in [1.82, 2.24) is 40.9 Å². The molecule has 3 amide bonds. The van der Waals surface area contributed by atoms with Crippen LogP contribution in [0.25, 0.3) is 10.9 Å². The van der Waals surface area contributed by atoms with Crippen LogP contribution in [0.2, 0.25) is 0 Å². The Kier molecular flexibility index (Phi) is 10.4. The molecule has 0 spiro atoms. The molecule has 4 rings (SSSR count). The normalized spacial score (nSPS) is 13.8. The minimum absolute atomic E-state index is 0.0447. The standard InChI is InChI=1S/C28H33N9O7/c29-19(8-16-11-30-13-33-16)25(40)35-21(5-6-24(38)39)26(41)36-22(7-15-10-32-20-4-2-1-3-18(15)20)27(42)37-23(28(43)44)9-17-12-31-14-34-17/h1-4,10-14,19,21-23,32H,5-9,29H2,(H,30,33)(H,31,34)(H,35,40)(H,36,41)(H,37,42)(H,38,39)(H,43,44). The van der Waals surface area contributed by atoms with Crippen LogP contribution in [0.3, 0.4) is 0 Å². The fourth-order valence-corrected chi connectivity index (χ4v) is 4.63. The molecule has 3 aromatic heterocycles. The number of H-pyrrole nitrogens is 3. The highest BCUT2D eigenvalue weighted by molar-refractivity contribution is 5.95. The van der Waals surface area contributed by atoms with Gasteiger partial charge in [-0.1, -0.05) is 18.2 Å². The Bertz CT molecular complexity index is 1580. The number of amides is 3. The van der Waals surface area contributed by atoms with Crippen molar-refractivity contribution >= 4 is 40.6 Å². The van der Waals surface area contributed by atoms with E-state index < -0.39 is 60.2 Å². The third kappa shape index (κ3) is 8.51. The number of para-hydroxylation sites is 1. The lowest BCUT2D eigenvalue weighted by Gasteiger charge is -2.25. The fourth-order valence-electron chi connectivity index (χ4n) is 4.63. The van der Waals surface area contributed by atoms with E-state index in [1.165, 1.54) is 25.0 Å². The molecule has 0 fully saturated rings. The van der Waals surface area contributed by atoms with Crippen LogP contribution in [0.1, 0.15) is 29.8 Å². The predicted octanol–water partition coefficient (Wildman–Crippen LogP) is -0.627. The van der Waals surface area contributed by atoms with E-state index in [-0.39, 0.29) is 25.7 Å². The highest BCUT2D eigenvalue weighted by Gasteiger charge is 2.31. The summed E-state index contributed by atoms with van der Waals surface area (Å²) in [7, 11) is 0. The van der Waals surface area contributed by atoms with Crippen molar-refractivity contribution in [2.75, 3.05) is 0 Å². The molecule has 0 aliphatic rings. The Morgan fingerprint density at radius 2 is 1.39 bits per heavy atom. The van der Waals surface area contributed by atoms with Gasteiger partial charge in [0.1, 0.15) is 18.1 Å². The molecule has 4 atom stereocenters. The van der Waals surface area contributed by atoms with Crippen LogP contribution in [0.4, 0.5) is 0 Å². The highest BCUT2D eigenvalue weighted by atomic mass is 16.4. The number of hydrogen-bond donors (Lipinski definition) is 9. The first kappa shape index (κ1) is 31.4. The van der Waals surface area contributed by atoms with E-state index in [0.29, 0.717) is 17.0 Å². The van der Waals surface area contributed by atoms with Crippen LogP contribution in [0, 0.1) is 0 Å². The summed E-state index contributed by atoms with van der Waals surface area (Å²) >= 11 is 0. The number of rotatable bonds is 16. The molecule has 0 saturated heterocycles. The average molecular weight is 608 g/mol. The molecule has 0 bridgehead atoms. The molecule has 0 aliphatic heterocycles. The van der Waals surface area contributed by atoms with Crippen LogP contribution in [-0.2, 0) is 43.2 Å². The Balaban J connectivity index is 1.55. The summed E-state index contributed by atoms with van der Waals surface area (Å²) in [6, 6.07) is 2.21. The van der Waals surface area contributed by atoms with Crippen molar-refractivity contribution in [1.29, 1.82) is 0 Å². The maximum absolute atomic E-state index is 13.5. The number of aromatic nitrogens is 5. The van der Waals surface area contributed by atoms with Gasteiger partial charge in [-0.15, -0.1) is 0 Å². The number of aliphatic carboxylic acids is 2. The number of imidazole rings is 2. The molecule has 44 heavy (non-hydrogen) atoms. The number of nitrogens with one attached hydrogen (secondary N) is 6. The average Bonchev–Trinajstić information content (AvgIpc) is 3.77. The van der Waals surface area contributed by atoms with Crippen molar-refractivity contribution in [3.05, 3.63) is 72.5 Å². The van der Waals surface area contributed by atoms with Gasteiger partial charge in [-0.05, 0) is 18.1 Å². The molecule has 0 saturated carbocycles. The van der Waals surface area contributed by atoms with Crippen molar-refractivity contribution < 1.29 is 34.2 Å². The lowest BCUT2D eigenvalue weighted by atomic mass is 10.0. The Labute approximate surface area is 250 Å². The van der Waals surface area contributed by atoms with E-state index in [9.17, 15) is 34.2 Å². The minimum atomic E-state index is -1.36. The third-order valence-electron chi connectivity index (χ3n) is 6.94. The van der Waals surface area contributed by atoms with Crippen molar-refractivity contribution in [2.45, 2.75) is 56.3 Å². The second-order valence-electron chi connectivity index (χ2n) is 10.2. The summed E-state index contributed by atoms with van der Waals surface area (Å²) in [5, 5.41) is 27.4. The number of benzene rings is 1. The van der Waals surface area contributed by atoms with Crippen molar-refractivity contribution in [3.63, 3.8) is 0 Å². The number of aromatic amines is 3. The van der Waals surface area contributed by atoms with E-state index >= 15 is 0 Å². The maximum atomic E-state index is 13.5. The summed E-state index contributed by atoms with van der Waals surface area (Å²) < 4.78 is 0. The number of carbonyl (C=O) groups is 5. The fraction of sp³-hybridized carbons (Fsp3) is 0.321. The van der Waals surface area contributed by atoms with Gasteiger partial charge >= 0.3 is 11.9 Å². The molecule has 3 heterocycles. The van der Waals surface area contributed by atoms with Gasteiger partial charge in [0.2, 0.25) is 17.7 Å². The molecule has 4 aromatic rings. The van der Waals surface area contributed by atoms with E-state index in [1.807, 2.05) is 24.3 Å². The largest absolute Gasteiger partial charge is 0.481 e. The molecule has 10 N–H and O–H groups in total. The molecule has 1 aromatic carbocycles. The van der Waals surface area contributed by atoms with Crippen molar-refractivity contribution in [3.8, 4) is 0 Å². The molecular formula is C28H33N9O7. The van der Waals surface area contributed by atoms with E-state index in [0.717, 1.165) is 10.9 Å². The van der Waals surface area contributed by atoms with Gasteiger partial charge in [0.05, 0.1) is 18.7 Å². The number of carbonyl (C=O) groups excluding carboxylic acids is 3. The Morgan fingerprint density at radius 3 is 2.02 bits per heavy atom. The van der Waals surface area contributed by atoms with Crippen LogP contribution < -0.4 is 21.7 Å². The topological polar surface area (TPSA) is 261 Å². The number of nitrogens with zero attached hydrogens (tertiary/aromatic N) is 2. The minimum Gasteiger partial charge on any atom is -0.481 e. The molecule has 0 aliphatic carbocycles. The number of nitrogens with two attached hydrogens (primary N) is 1. The third-order valence-corrected chi connectivity index (χ3v) is 6.94. The lowest BCUT2D eigenvalue weighted by molar-refractivity contribution is -0.142. The summed E-state index contributed by atoms with van der Waals surface area (Å²) in [5.41, 5.74) is 8.50. The molecule has 4 unspecified atom stereocenters. The number of fused-ring (bicyclic) bond motifs is 1. The summed E-state index contributed by atoms with van der Waals surface area (Å²) in [5.74, 6) is -4.85. The number of carboxylic acid groups (broad SMARTS) is 2. The lowest BCUT2D eigenvalue weighted by Crippen LogP contribution is -2.58. The highest BCUT2D eigenvalue weighted by Crippen LogP contribution is 2.19. The molecular weight excluding hydrogens is 574 g/mol. The van der Waals surface area contributed by atoms with Gasteiger partial charge in [0.25, 0.3) is 0 Å². The van der Waals surface area contributed by atoms with Crippen LogP contribution in [0.5, 0.6) is 0 Å². The van der Waals surface area contributed by atoms with Gasteiger partial charge in [0, 0.05) is 66.6 Å². The van der Waals surface area contributed by atoms with Crippen molar-refractivity contribution in [2.24, 2.45) is 5.73 Å². The van der Waals surface area contributed by atoms with Gasteiger partial charge in [-0.3, -0.25) is 19.2 Å². The van der Waals surface area contributed by atoms with E-state index in [4.69, 9.17) is 5.73 Å². The first-order chi connectivity index (χ1) is 21.1. The van der Waals surface area contributed by atoms with E-state index in [1.54, 1.807) is 6.20 Å². The number of hydrogen-bond acceptors (Lipinski definition) is 8. The zero-order chi connectivity index (χ0) is 31.6. The quantitative estimate of drug-likeness (QED) is 0.0779. The maximum Gasteiger partial charge on any atom is 0.326 e. The second kappa shape index (κ2) is 14.6. The first-order valence-electron chi connectivity index (χ1n) is 13.7. The summed E-state index contributed by atoms with van der Waals surface area (Å²) in [6.45, 7) is 0. The summed E-state index contributed by atoms with van der Waals surface area (Å²) in [6.07, 6.45) is 6.59. The van der Waals surface area contributed by atoms with E-state index in [2.05, 4.69) is 40.9 Å². The first-order valence-corrected chi connectivity index (χ1v) is 13.7. The Hall–Kier alpha value is -5.51. The van der Waals surface area contributed by atoms with Crippen LogP contribution in [0.15, 0.2) is 55.5 Å². The molecule has 0 radical (unpaired) electrons. The molecule has 16 heteroatoms. The van der Waals surface area contributed by atoms with Crippen LogP contribution in [-0.4, -0.2) is 89.0 Å². The van der Waals surface area contributed by atoms with Gasteiger partial charge in [-0.25, -0.2) is 14.8 Å². The summed E-state index contributed by atoms with van der Waals surface area (Å²) in [4.78, 5) is 79.7. The zero-order valence-electron chi connectivity index (χ0n) is 23.4. The SMILES string of the molecule is NC(Cc1cnc[nH]1)C(=O)NC(CCC(=O)O)C(=O)NC(Cc1c[nH]c2ccccc12)C(=O)NC(Cc1cnc[nH]1)C(=O)O. The zero-order valence-corrected chi connectivity index (χ0v) is 23.4. The molecule has 16 nitrogen and oxygen atoms in total. The Morgan fingerprint density at radius 1 is 0.773 bits per heavy atom. The monoisotopic (exact) mass is 607 g/mol.